The Labute approximate surface area is 136 Å². The number of rotatable bonds is 5. The van der Waals surface area contributed by atoms with Gasteiger partial charge in [-0.1, -0.05) is 63.4 Å². The number of para-hydroxylation sites is 1. The third-order valence-electron chi connectivity index (χ3n) is 2.83. The lowest BCUT2D eigenvalue weighted by molar-refractivity contribution is 0.282. The molecular formula is C15H13BrCl2O2. The third kappa shape index (κ3) is 3.40. The van der Waals surface area contributed by atoms with Gasteiger partial charge in [0.05, 0.1) is 17.2 Å². The Morgan fingerprint density at radius 3 is 2.45 bits per heavy atom. The summed E-state index contributed by atoms with van der Waals surface area (Å²) in [6.07, 6.45) is 0. The Bertz CT molecular complexity index is 580. The Kier molecular flexibility index (Phi) is 5.58. The quantitative estimate of drug-likeness (QED) is 0.644. The summed E-state index contributed by atoms with van der Waals surface area (Å²) in [6.45, 7) is 0.333. The number of hydrogen-bond acceptors (Lipinski definition) is 2. The molecule has 0 saturated heterocycles. The molecule has 0 aromatic heterocycles. The third-order valence-corrected chi connectivity index (χ3v) is 4.29. The van der Waals surface area contributed by atoms with Crippen LogP contribution in [0.15, 0.2) is 36.4 Å². The van der Waals surface area contributed by atoms with Crippen LogP contribution < -0.4 is 9.47 Å². The van der Waals surface area contributed by atoms with E-state index in [0.29, 0.717) is 33.5 Å². The van der Waals surface area contributed by atoms with Gasteiger partial charge in [-0.25, -0.2) is 0 Å². The standard InChI is InChI=1S/C15H13BrCl2O2/c1-19-13-7-3-4-10(8-16)15(13)20-9-11-5-2-6-12(17)14(11)18/h2-7H,8-9H2,1H3. The zero-order valence-electron chi connectivity index (χ0n) is 10.8. The first-order chi connectivity index (χ1) is 9.67. The number of methoxy groups -OCH3 is 1. The van der Waals surface area contributed by atoms with E-state index in [0.717, 1.165) is 11.1 Å². The van der Waals surface area contributed by atoms with Crippen molar-refractivity contribution < 1.29 is 9.47 Å². The second kappa shape index (κ2) is 7.21. The monoisotopic (exact) mass is 374 g/mol. The van der Waals surface area contributed by atoms with E-state index in [4.69, 9.17) is 32.7 Å². The van der Waals surface area contributed by atoms with Gasteiger partial charge in [-0.3, -0.25) is 0 Å². The first-order valence-electron chi connectivity index (χ1n) is 5.95. The molecule has 2 aromatic rings. The van der Waals surface area contributed by atoms with E-state index in [-0.39, 0.29) is 0 Å². The Hall–Kier alpha value is -0.900. The Balaban J connectivity index is 2.24. The van der Waals surface area contributed by atoms with Crippen molar-refractivity contribution in [2.24, 2.45) is 0 Å². The SMILES string of the molecule is COc1cccc(CBr)c1OCc1cccc(Cl)c1Cl. The number of ether oxygens (including phenoxy) is 2. The summed E-state index contributed by atoms with van der Waals surface area (Å²) in [4.78, 5) is 0. The van der Waals surface area contributed by atoms with E-state index in [1.807, 2.05) is 30.3 Å². The summed E-state index contributed by atoms with van der Waals surface area (Å²) in [5.74, 6) is 1.41. The van der Waals surface area contributed by atoms with Gasteiger partial charge in [0.1, 0.15) is 6.61 Å². The van der Waals surface area contributed by atoms with Crippen LogP contribution >= 0.6 is 39.1 Å². The summed E-state index contributed by atoms with van der Waals surface area (Å²) in [7, 11) is 1.62. The fourth-order valence-corrected chi connectivity index (χ4v) is 2.62. The highest BCUT2D eigenvalue weighted by atomic mass is 79.9. The van der Waals surface area contributed by atoms with E-state index >= 15 is 0 Å². The summed E-state index contributed by atoms with van der Waals surface area (Å²) in [5, 5.41) is 1.72. The van der Waals surface area contributed by atoms with Crippen molar-refractivity contribution in [1.82, 2.24) is 0 Å². The second-order valence-electron chi connectivity index (χ2n) is 4.08. The zero-order chi connectivity index (χ0) is 14.5. The number of halogens is 3. The molecule has 0 spiro atoms. The van der Waals surface area contributed by atoms with Crippen molar-refractivity contribution in [2.45, 2.75) is 11.9 Å². The fraction of sp³-hybridized carbons (Fsp3) is 0.200. The minimum absolute atomic E-state index is 0.333. The topological polar surface area (TPSA) is 18.5 Å². The van der Waals surface area contributed by atoms with Crippen molar-refractivity contribution >= 4 is 39.1 Å². The molecular weight excluding hydrogens is 363 g/mol. The van der Waals surface area contributed by atoms with E-state index in [1.165, 1.54) is 0 Å². The molecule has 2 rings (SSSR count). The molecule has 0 aliphatic carbocycles. The molecule has 2 nitrogen and oxygen atoms in total. The van der Waals surface area contributed by atoms with Gasteiger partial charge in [0.25, 0.3) is 0 Å². The van der Waals surface area contributed by atoms with Crippen molar-refractivity contribution in [3.05, 3.63) is 57.6 Å². The lowest BCUT2D eigenvalue weighted by atomic mass is 10.2. The number of alkyl halides is 1. The molecule has 5 heteroatoms. The smallest absolute Gasteiger partial charge is 0.165 e. The maximum atomic E-state index is 6.15. The molecule has 0 unspecified atom stereocenters. The highest BCUT2D eigenvalue weighted by Gasteiger charge is 2.11. The first kappa shape index (κ1) is 15.5. The van der Waals surface area contributed by atoms with Gasteiger partial charge in [0.15, 0.2) is 11.5 Å². The largest absolute Gasteiger partial charge is 0.493 e. The molecule has 0 radical (unpaired) electrons. The van der Waals surface area contributed by atoms with Gasteiger partial charge in [0.2, 0.25) is 0 Å². The summed E-state index contributed by atoms with van der Waals surface area (Å²) in [6, 6.07) is 11.3. The summed E-state index contributed by atoms with van der Waals surface area (Å²) >= 11 is 15.6. The Morgan fingerprint density at radius 1 is 1.05 bits per heavy atom. The lowest BCUT2D eigenvalue weighted by Gasteiger charge is -2.14. The molecule has 0 amide bonds. The van der Waals surface area contributed by atoms with Crippen LogP contribution in [0, 0.1) is 0 Å². The van der Waals surface area contributed by atoms with E-state index in [2.05, 4.69) is 15.9 Å². The summed E-state index contributed by atoms with van der Waals surface area (Å²) < 4.78 is 11.2. The molecule has 0 saturated carbocycles. The van der Waals surface area contributed by atoms with Crippen LogP contribution in [-0.4, -0.2) is 7.11 Å². The maximum absolute atomic E-state index is 6.15. The van der Waals surface area contributed by atoms with Crippen LogP contribution in [0.25, 0.3) is 0 Å². The molecule has 0 fully saturated rings. The van der Waals surface area contributed by atoms with Crippen LogP contribution in [0.1, 0.15) is 11.1 Å². The Morgan fingerprint density at radius 2 is 1.75 bits per heavy atom. The molecule has 2 aromatic carbocycles. The van der Waals surface area contributed by atoms with Gasteiger partial charge < -0.3 is 9.47 Å². The molecule has 0 aliphatic heterocycles. The predicted molar refractivity (Wildman–Crippen MR) is 86.4 cm³/mol. The number of hydrogen-bond donors (Lipinski definition) is 0. The van der Waals surface area contributed by atoms with Crippen LogP contribution in [0.5, 0.6) is 11.5 Å². The van der Waals surface area contributed by atoms with Gasteiger partial charge >= 0.3 is 0 Å². The maximum Gasteiger partial charge on any atom is 0.165 e. The first-order valence-corrected chi connectivity index (χ1v) is 7.82. The molecule has 0 heterocycles. The van der Waals surface area contributed by atoms with Crippen molar-refractivity contribution in [1.29, 1.82) is 0 Å². The number of benzene rings is 2. The zero-order valence-corrected chi connectivity index (χ0v) is 13.9. The van der Waals surface area contributed by atoms with Crippen LogP contribution in [0.4, 0.5) is 0 Å². The average Bonchev–Trinajstić information content (AvgIpc) is 2.48. The minimum atomic E-state index is 0.333. The molecule has 20 heavy (non-hydrogen) atoms. The highest BCUT2D eigenvalue weighted by Crippen LogP contribution is 2.34. The lowest BCUT2D eigenvalue weighted by Crippen LogP contribution is -2.01. The van der Waals surface area contributed by atoms with E-state index in [1.54, 1.807) is 13.2 Å². The van der Waals surface area contributed by atoms with Crippen LogP contribution in [-0.2, 0) is 11.9 Å². The molecule has 0 atom stereocenters. The van der Waals surface area contributed by atoms with Crippen molar-refractivity contribution in [3.63, 3.8) is 0 Å². The van der Waals surface area contributed by atoms with Crippen LogP contribution in [0.2, 0.25) is 10.0 Å². The fourth-order valence-electron chi connectivity index (χ4n) is 1.80. The second-order valence-corrected chi connectivity index (χ2v) is 5.43. The van der Waals surface area contributed by atoms with Crippen molar-refractivity contribution in [2.75, 3.05) is 7.11 Å². The van der Waals surface area contributed by atoms with E-state index in [9.17, 15) is 0 Å². The van der Waals surface area contributed by atoms with Crippen molar-refractivity contribution in [3.8, 4) is 11.5 Å². The predicted octanol–water partition coefficient (Wildman–Crippen LogP) is 5.48. The van der Waals surface area contributed by atoms with Gasteiger partial charge in [-0.05, 0) is 12.1 Å². The highest BCUT2D eigenvalue weighted by molar-refractivity contribution is 9.08. The van der Waals surface area contributed by atoms with Gasteiger partial charge in [-0.2, -0.15) is 0 Å². The molecule has 0 N–H and O–H groups in total. The molecule has 0 aliphatic rings. The molecule has 106 valence electrons. The van der Waals surface area contributed by atoms with E-state index < -0.39 is 0 Å². The average molecular weight is 376 g/mol. The normalized spacial score (nSPS) is 10.4. The van der Waals surface area contributed by atoms with Gasteiger partial charge in [-0.15, -0.1) is 0 Å². The molecule has 0 bridgehead atoms. The summed E-state index contributed by atoms with van der Waals surface area (Å²) in [5.41, 5.74) is 1.85. The minimum Gasteiger partial charge on any atom is -0.493 e. The van der Waals surface area contributed by atoms with Crippen LogP contribution in [0.3, 0.4) is 0 Å². The van der Waals surface area contributed by atoms with Gasteiger partial charge in [0, 0.05) is 16.5 Å².